The van der Waals surface area contributed by atoms with Crippen LogP contribution in [0.2, 0.25) is 0 Å². The van der Waals surface area contributed by atoms with Gasteiger partial charge in [-0.25, -0.2) is 0 Å². The van der Waals surface area contributed by atoms with Crippen LogP contribution in [0.25, 0.3) is 0 Å². The van der Waals surface area contributed by atoms with Gasteiger partial charge >= 0.3 is 0 Å². The van der Waals surface area contributed by atoms with Crippen LogP contribution in [0.4, 0.5) is 0 Å². The lowest BCUT2D eigenvalue weighted by atomic mass is 10.0. The minimum Gasteiger partial charge on any atom is -0.382 e. The molecule has 1 atom stereocenters. The Kier molecular flexibility index (Phi) is 12.6. The van der Waals surface area contributed by atoms with E-state index in [0.717, 1.165) is 19.4 Å². The van der Waals surface area contributed by atoms with Crippen molar-refractivity contribution in [3.05, 3.63) is 0 Å². The number of hydrogen-bond donors (Lipinski definition) is 2. The highest BCUT2D eigenvalue weighted by Gasteiger charge is 2.13. The lowest BCUT2D eigenvalue weighted by Crippen LogP contribution is -2.41. The van der Waals surface area contributed by atoms with Gasteiger partial charge in [0, 0.05) is 19.8 Å². The molecule has 0 bridgehead atoms. The van der Waals surface area contributed by atoms with Crippen molar-refractivity contribution in [1.29, 1.82) is 0 Å². The molecule has 98 valence electrons. The molecule has 0 radical (unpaired) electrons. The van der Waals surface area contributed by atoms with Gasteiger partial charge in [-0.3, -0.25) is 4.79 Å². The maximum absolute atomic E-state index is 11.4. The second kappa shape index (κ2) is 11.2. The predicted octanol–water partition coefficient (Wildman–Crippen LogP) is 1.32. The van der Waals surface area contributed by atoms with Crippen LogP contribution >= 0.6 is 12.4 Å². The zero-order valence-electron chi connectivity index (χ0n) is 10.5. The second-order valence-corrected chi connectivity index (χ2v) is 4.08. The molecule has 0 aliphatic rings. The number of halogens is 1. The SMILES string of the molecule is CCOCCCNC(=O)C(N)CC(C)C.Cl. The summed E-state index contributed by atoms with van der Waals surface area (Å²) in [6, 6.07) is -0.378. The molecule has 1 unspecified atom stereocenters. The molecule has 4 nitrogen and oxygen atoms in total. The summed E-state index contributed by atoms with van der Waals surface area (Å²) in [7, 11) is 0. The fraction of sp³-hybridized carbons (Fsp3) is 0.909. The highest BCUT2D eigenvalue weighted by atomic mass is 35.5. The Hall–Kier alpha value is -0.320. The third kappa shape index (κ3) is 10.2. The Morgan fingerprint density at radius 3 is 2.56 bits per heavy atom. The molecular formula is C11H25ClN2O2. The maximum Gasteiger partial charge on any atom is 0.236 e. The Balaban J connectivity index is 0. The molecule has 3 N–H and O–H groups in total. The normalized spacial score (nSPS) is 12.1. The average molecular weight is 253 g/mol. The van der Waals surface area contributed by atoms with Gasteiger partial charge in [0.05, 0.1) is 6.04 Å². The number of nitrogens with two attached hydrogens (primary N) is 1. The van der Waals surface area contributed by atoms with E-state index in [2.05, 4.69) is 19.2 Å². The third-order valence-electron chi connectivity index (χ3n) is 2.03. The van der Waals surface area contributed by atoms with E-state index >= 15 is 0 Å². The molecule has 0 aliphatic heterocycles. The van der Waals surface area contributed by atoms with E-state index in [4.69, 9.17) is 10.5 Å². The first-order valence-electron chi connectivity index (χ1n) is 5.69. The molecule has 0 saturated carbocycles. The molecular weight excluding hydrogens is 228 g/mol. The summed E-state index contributed by atoms with van der Waals surface area (Å²) in [6.07, 6.45) is 1.57. The topological polar surface area (TPSA) is 64.3 Å². The predicted molar refractivity (Wildman–Crippen MR) is 68.8 cm³/mol. The lowest BCUT2D eigenvalue weighted by Gasteiger charge is -2.13. The van der Waals surface area contributed by atoms with E-state index in [9.17, 15) is 4.79 Å². The minimum absolute atomic E-state index is 0. The number of carbonyl (C=O) groups excluding carboxylic acids is 1. The van der Waals surface area contributed by atoms with E-state index < -0.39 is 0 Å². The molecule has 0 aromatic carbocycles. The summed E-state index contributed by atoms with van der Waals surface area (Å²) in [5.74, 6) is 0.398. The fourth-order valence-corrected chi connectivity index (χ4v) is 1.28. The Labute approximate surface area is 105 Å². The van der Waals surface area contributed by atoms with Crippen molar-refractivity contribution >= 4 is 18.3 Å². The molecule has 16 heavy (non-hydrogen) atoms. The summed E-state index contributed by atoms with van der Waals surface area (Å²) < 4.78 is 5.16. The number of amides is 1. The number of rotatable bonds is 8. The van der Waals surface area contributed by atoms with Crippen LogP contribution in [0, 0.1) is 5.92 Å². The third-order valence-corrected chi connectivity index (χ3v) is 2.03. The van der Waals surface area contributed by atoms with Gasteiger partial charge in [-0.1, -0.05) is 13.8 Å². The second-order valence-electron chi connectivity index (χ2n) is 4.08. The van der Waals surface area contributed by atoms with Crippen molar-refractivity contribution in [1.82, 2.24) is 5.32 Å². The molecule has 0 fully saturated rings. The smallest absolute Gasteiger partial charge is 0.236 e. The highest BCUT2D eigenvalue weighted by molar-refractivity contribution is 5.85. The van der Waals surface area contributed by atoms with Crippen molar-refractivity contribution in [2.75, 3.05) is 19.8 Å². The van der Waals surface area contributed by atoms with E-state index in [1.165, 1.54) is 0 Å². The molecule has 0 aliphatic carbocycles. The molecule has 0 aromatic heterocycles. The zero-order valence-corrected chi connectivity index (χ0v) is 11.3. The number of hydrogen-bond acceptors (Lipinski definition) is 3. The Bertz CT molecular complexity index is 177. The molecule has 0 saturated heterocycles. The van der Waals surface area contributed by atoms with Crippen LogP contribution in [0.5, 0.6) is 0 Å². The van der Waals surface area contributed by atoms with Crippen LogP contribution in [0.15, 0.2) is 0 Å². The van der Waals surface area contributed by atoms with Gasteiger partial charge in [-0.15, -0.1) is 12.4 Å². The number of nitrogens with one attached hydrogen (secondary N) is 1. The minimum atomic E-state index is -0.378. The van der Waals surface area contributed by atoms with Crippen LogP contribution in [0.3, 0.4) is 0 Å². The molecule has 0 aromatic rings. The van der Waals surface area contributed by atoms with Gasteiger partial charge in [0.1, 0.15) is 0 Å². The summed E-state index contributed by atoms with van der Waals surface area (Å²) in [5.41, 5.74) is 5.72. The zero-order chi connectivity index (χ0) is 11.7. The lowest BCUT2D eigenvalue weighted by molar-refractivity contribution is -0.122. The first-order valence-corrected chi connectivity index (χ1v) is 5.69. The number of carbonyl (C=O) groups is 1. The van der Waals surface area contributed by atoms with E-state index in [-0.39, 0.29) is 24.4 Å². The van der Waals surface area contributed by atoms with Gasteiger partial charge in [0.25, 0.3) is 0 Å². The largest absolute Gasteiger partial charge is 0.382 e. The molecule has 5 heteroatoms. The highest BCUT2D eigenvalue weighted by Crippen LogP contribution is 2.02. The quantitative estimate of drug-likeness (QED) is 0.641. The van der Waals surface area contributed by atoms with Crippen molar-refractivity contribution in [3.8, 4) is 0 Å². The van der Waals surface area contributed by atoms with E-state index in [1.807, 2.05) is 6.92 Å². The molecule has 0 spiro atoms. The monoisotopic (exact) mass is 252 g/mol. The summed E-state index contributed by atoms with van der Waals surface area (Å²) in [5, 5.41) is 2.80. The Morgan fingerprint density at radius 1 is 1.44 bits per heavy atom. The van der Waals surface area contributed by atoms with Gasteiger partial charge in [0.15, 0.2) is 0 Å². The standard InChI is InChI=1S/C11H24N2O2.ClH/c1-4-15-7-5-6-13-11(14)10(12)8-9(2)3;/h9-10H,4-8,12H2,1-3H3,(H,13,14);1H. The first kappa shape index (κ1) is 18.1. The van der Waals surface area contributed by atoms with Crippen molar-refractivity contribution in [2.45, 2.75) is 39.7 Å². The van der Waals surface area contributed by atoms with E-state index in [1.54, 1.807) is 0 Å². The van der Waals surface area contributed by atoms with Gasteiger partial charge < -0.3 is 15.8 Å². The molecule has 0 heterocycles. The van der Waals surface area contributed by atoms with Crippen LogP contribution < -0.4 is 11.1 Å². The fourth-order valence-electron chi connectivity index (χ4n) is 1.28. The van der Waals surface area contributed by atoms with Crippen LogP contribution in [-0.4, -0.2) is 31.7 Å². The first-order chi connectivity index (χ1) is 7.07. The summed E-state index contributed by atoms with van der Waals surface area (Å²) >= 11 is 0. The molecule has 1 amide bonds. The maximum atomic E-state index is 11.4. The number of ether oxygens (including phenoxy) is 1. The van der Waals surface area contributed by atoms with Crippen LogP contribution in [-0.2, 0) is 9.53 Å². The van der Waals surface area contributed by atoms with Crippen molar-refractivity contribution in [2.24, 2.45) is 11.7 Å². The van der Waals surface area contributed by atoms with Gasteiger partial charge in [-0.05, 0) is 25.7 Å². The summed E-state index contributed by atoms with van der Waals surface area (Å²) in [4.78, 5) is 11.4. The van der Waals surface area contributed by atoms with E-state index in [0.29, 0.717) is 19.1 Å². The van der Waals surface area contributed by atoms with Crippen LogP contribution in [0.1, 0.15) is 33.6 Å². The van der Waals surface area contributed by atoms with Gasteiger partial charge in [-0.2, -0.15) is 0 Å². The summed E-state index contributed by atoms with van der Waals surface area (Å²) in [6.45, 7) is 8.13. The van der Waals surface area contributed by atoms with Crippen molar-refractivity contribution < 1.29 is 9.53 Å². The van der Waals surface area contributed by atoms with Crippen molar-refractivity contribution in [3.63, 3.8) is 0 Å². The van der Waals surface area contributed by atoms with Gasteiger partial charge in [0.2, 0.25) is 5.91 Å². The Morgan fingerprint density at radius 2 is 2.06 bits per heavy atom. The average Bonchev–Trinajstić information content (AvgIpc) is 2.16. The molecule has 0 rings (SSSR count).